The SMILES string of the molecule is Cc1c(C)n(-c2ccccc2)c2c1cc1ccc3c4c(ccc2c14)cc1c(C)c(C)n(-c2ccccc2)c13. The van der Waals surface area contributed by atoms with Crippen LogP contribution in [-0.4, -0.2) is 9.13 Å². The quantitative estimate of drug-likeness (QED) is 0.214. The third-order valence-electron chi connectivity index (χ3n) is 8.89. The zero-order valence-corrected chi connectivity index (χ0v) is 22.1. The van der Waals surface area contributed by atoms with Crippen LogP contribution in [0.2, 0.25) is 0 Å². The summed E-state index contributed by atoms with van der Waals surface area (Å²) in [6.45, 7) is 9.02. The molecule has 2 heterocycles. The Bertz CT molecular complexity index is 2030. The number of nitrogens with zero attached hydrogens (tertiary/aromatic N) is 2. The molecule has 0 unspecified atom stereocenters. The molecule has 0 radical (unpaired) electrons. The first-order valence-corrected chi connectivity index (χ1v) is 13.4. The zero-order chi connectivity index (χ0) is 25.7. The molecule has 0 N–H and O–H groups in total. The minimum Gasteiger partial charge on any atom is -0.313 e. The fraction of sp³-hybridized carbons (Fsp3) is 0.111. The van der Waals surface area contributed by atoms with E-state index in [1.807, 2.05) is 0 Å². The summed E-state index contributed by atoms with van der Waals surface area (Å²) in [6, 6.07) is 35.8. The van der Waals surface area contributed by atoms with Crippen LogP contribution in [0.25, 0.3) is 65.5 Å². The summed E-state index contributed by atoms with van der Waals surface area (Å²) in [5.74, 6) is 0. The fourth-order valence-electron chi connectivity index (χ4n) is 6.84. The molecule has 8 rings (SSSR count). The van der Waals surface area contributed by atoms with Gasteiger partial charge >= 0.3 is 0 Å². The number of para-hydroxylation sites is 2. The van der Waals surface area contributed by atoms with E-state index < -0.39 is 0 Å². The van der Waals surface area contributed by atoms with Gasteiger partial charge in [-0.3, -0.25) is 0 Å². The van der Waals surface area contributed by atoms with Gasteiger partial charge in [0.25, 0.3) is 0 Å². The maximum absolute atomic E-state index is 2.45. The molecule has 2 heteroatoms. The van der Waals surface area contributed by atoms with E-state index in [1.165, 1.54) is 88.0 Å². The predicted octanol–water partition coefficient (Wildman–Crippen LogP) is 9.71. The van der Waals surface area contributed by atoms with Crippen LogP contribution in [0.15, 0.2) is 97.1 Å². The van der Waals surface area contributed by atoms with Crippen LogP contribution in [0.4, 0.5) is 0 Å². The number of aromatic nitrogens is 2. The fourth-order valence-corrected chi connectivity index (χ4v) is 6.84. The lowest BCUT2D eigenvalue weighted by atomic mass is 9.91. The normalized spacial score (nSPS) is 12.2. The number of hydrogen-bond donors (Lipinski definition) is 0. The van der Waals surface area contributed by atoms with Gasteiger partial charge in [0.05, 0.1) is 11.0 Å². The van der Waals surface area contributed by atoms with Crippen molar-refractivity contribution in [3.63, 3.8) is 0 Å². The van der Waals surface area contributed by atoms with Crippen molar-refractivity contribution in [1.82, 2.24) is 9.13 Å². The average molecular weight is 489 g/mol. The van der Waals surface area contributed by atoms with E-state index in [-0.39, 0.29) is 0 Å². The van der Waals surface area contributed by atoms with Gasteiger partial charge in [-0.1, -0.05) is 60.7 Å². The van der Waals surface area contributed by atoms with Crippen molar-refractivity contribution in [2.75, 3.05) is 0 Å². The number of rotatable bonds is 2. The molecule has 0 fully saturated rings. The lowest BCUT2D eigenvalue weighted by Crippen LogP contribution is -1.98. The van der Waals surface area contributed by atoms with Gasteiger partial charge in [0.2, 0.25) is 0 Å². The summed E-state index contributed by atoms with van der Waals surface area (Å²) in [7, 11) is 0. The van der Waals surface area contributed by atoms with Crippen LogP contribution in [0.3, 0.4) is 0 Å². The Labute approximate surface area is 221 Å². The van der Waals surface area contributed by atoms with Crippen molar-refractivity contribution < 1.29 is 0 Å². The first-order valence-electron chi connectivity index (χ1n) is 13.4. The second kappa shape index (κ2) is 7.49. The molecule has 0 spiro atoms. The molecular weight excluding hydrogens is 460 g/mol. The first kappa shape index (κ1) is 21.5. The van der Waals surface area contributed by atoms with E-state index >= 15 is 0 Å². The molecule has 0 bridgehead atoms. The largest absolute Gasteiger partial charge is 0.313 e. The van der Waals surface area contributed by atoms with Gasteiger partial charge < -0.3 is 9.13 Å². The van der Waals surface area contributed by atoms with Crippen molar-refractivity contribution in [1.29, 1.82) is 0 Å². The van der Waals surface area contributed by atoms with Crippen LogP contribution >= 0.6 is 0 Å². The molecule has 6 aromatic carbocycles. The molecule has 8 aromatic rings. The van der Waals surface area contributed by atoms with Crippen LogP contribution in [0.1, 0.15) is 22.5 Å². The van der Waals surface area contributed by atoms with E-state index in [1.54, 1.807) is 0 Å². The van der Waals surface area contributed by atoms with Crippen LogP contribution < -0.4 is 0 Å². The maximum Gasteiger partial charge on any atom is 0.0613 e. The molecule has 0 aliphatic rings. The van der Waals surface area contributed by atoms with Crippen molar-refractivity contribution in [3.8, 4) is 11.4 Å². The summed E-state index contributed by atoms with van der Waals surface area (Å²) >= 11 is 0. The lowest BCUT2D eigenvalue weighted by molar-refractivity contribution is 1.04. The molecule has 2 aromatic heterocycles. The second-order valence-corrected chi connectivity index (χ2v) is 10.7. The predicted molar refractivity (Wildman–Crippen MR) is 163 cm³/mol. The highest BCUT2D eigenvalue weighted by Gasteiger charge is 2.22. The molecule has 182 valence electrons. The van der Waals surface area contributed by atoms with Crippen molar-refractivity contribution >= 4 is 54.1 Å². The number of hydrogen-bond acceptors (Lipinski definition) is 0. The highest BCUT2D eigenvalue weighted by atomic mass is 15.0. The second-order valence-electron chi connectivity index (χ2n) is 10.7. The molecular formula is C36H28N2. The minimum atomic E-state index is 1.21. The van der Waals surface area contributed by atoms with Gasteiger partial charge in [0.15, 0.2) is 0 Å². The van der Waals surface area contributed by atoms with Gasteiger partial charge in [-0.25, -0.2) is 0 Å². The Balaban J connectivity index is 1.60. The molecule has 0 saturated carbocycles. The minimum absolute atomic E-state index is 1.21. The van der Waals surface area contributed by atoms with Gasteiger partial charge in [0.1, 0.15) is 0 Å². The highest BCUT2D eigenvalue weighted by Crippen LogP contribution is 2.45. The summed E-state index contributed by atoms with van der Waals surface area (Å²) in [4.78, 5) is 0. The Kier molecular flexibility index (Phi) is 4.24. The molecule has 2 nitrogen and oxygen atoms in total. The molecule has 0 aliphatic heterocycles. The van der Waals surface area contributed by atoms with Gasteiger partial charge in [-0.05, 0) is 96.8 Å². The van der Waals surface area contributed by atoms with Crippen molar-refractivity contribution in [2.45, 2.75) is 27.7 Å². The van der Waals surface area contributed by atoms with Crippen molar-refractivity contribution in [2.24, 2.45) is 0 Å². The average Bonchev–Trinajstić information content (AvgIpc) is 3.36. The summed E-state index contributed by atoms with van der Waals surface area (Å²) in [6.07, 6.45) is 0. The van der Waals surface area contributed by atoms with Crippen molar-refractivity contribution in [3.05, 3.63) is 120 Å². The van der Waals surface area contributed by atoms with Gasteiger partial charge in [0, 0.05) is 44.3 Å². The smallest absolute Gasteiger partial charge is 0.0613 e. The standard InChI is InChI=1S/C36H28N2/c1-21-23(3)37(27-11-7-5-8-12-27)35-29-17-16-26-20-32-22(2)24(4)38(28-13-9-6-10-14-28)36(32)30-18-15-25(19-31(21)35)33(29)34(26)30/h5-20H,1-4H3. The Morgan fingerprint density at radius 3 is 1.21 bits per heavy atom. The van der Waals surface area contributed by atoms with Crippen LogP contribution in [0.5, 0.6) is 0 Å². The van der Waals surface area contributed by atoms with Gasteiger partial charge in [-0.15, -0.1) is 0 Å². The Hall–Kier alpha value is -4.56. The molecule has 38 heavy (non-hydrogen) atoms. The monoisotopic (exact) mass is 488 g/mol. The third kappa shape index (κ3) is 2.62. The molecule has 0 amide bonds. The summed E-state index contributed by atoms with van der Waals surface area (Å²) in [5.41, 5.74) is 10.3. The first-order chi connectivity index (χ1) is 18.5. The molecule has 0 atom stereocenters. The Morgan fingerprint density at radius 1 is 0.421 bits per heavy atom. The third-order valence-corrected chi connectivity index (χ3v) is 8.89. The van der Waals surface area contributed by atoms with E-state index in [0.717, 1.165) is 0 Å². The zero-order valence-electron chi connectivity index (χ0n) is 22.1. The summed E-state index contributed by atoms with van der Waals surface area (Å²) in [5, 5.41) is 10.7. The van der Waals surface area contributed by atoms with E-state index in [4.69, 9.17) is 0 Å². The van der Waals surface area contributed by atoms with E-state index in [0.29, 0.717) is 0 Å². The van der Waals surface area contributed by atoms with E-state index in [2.05, 4.69) is 134 Å². The van der Waals surface area contributed by atoms with E-state index in [9.17, 15) is 0 Å². The summed E-state index contributed by atoms with van der Waals surface area (Å²) < 4.78 is 4.90. The molecule has 0 saturated heterocycles. The Morgan fingerprint density at radius 2 is 0.816 bits per heavy atom. The topological polar surface area (TPSA) is 9.86 Å². The number of fused-ring (bicyclic) bond motifs is 4. The number of aryl methyl sites for hydroxylation is 2. The van der Waals surface area contributed by atoms with Crippen LogP contribution in [-0.2, 0) is 0 Å². The number of benzene rings is 6. The molecule has 0 aliphatic carbocycles. The lowest BCUT2D eigenvalue weighted by Gasteiger charge is -2.16. The van der Waals surface area contributed by atoms with Gasteiger partial charge in [-0.2, -0.15) is 0 Å². The van der Waals surface area contributed by atoms with Crippen LogP contribution in [0, 0.1) is 27.7 Å². The highest BCUT2D eigenvalue weighted by molar-refractivity contribution is 6.32. The maximum atomic E-state index is 2.45.